The number of para-hydroxylation sites is 1. The topological polar surface area (TPSA) is 26.8 Å². The van der Waals surface area contributed by atoms with E-state index in [-0.39, 0.29) is 17.7 Å². The number of halogens is 1. The van der Waals surface area contributed by atoms with Crippen molar-refractivity contribution in [2.75, 3.05) is 50.7 Å². The third kappa shape index (κ3) is 4.22. The third-order valence-corrected chi connectivity index (χ3v) is 6.94. The lowest BCUT2D eigenvalue weighted by Crippen LogP contribution is -2.48. The van der Waals surface area contributed by atoms with Crippen LogP contribution in [0.2, 0.25) is 0 Å². The van der Waals surface area contributed by atoms with E-state index in [4.69, 9.17) is 0 Å². The van der Waals surface area contributed by atoms with Gasteiger partial charge in [-0.1, -0.05) is 30.3 Å². The van der Waals surface area contributed by atoms with E-state index >= 15 is 0 Å². The number of piperazine rings is 1. The summed E-state index contributed by atoms with van der Waals surface area (Å²) >= 11 is 0. The second kappa shape index (κ2) is 8.38. The number of carbonyl (C=O) groups is 1. The molecule has 2 aliphatic heterocycles. The molecule has 158 valence electrons. The van der Waals surface area contributed by atoms with Crippen LogP contribution in [0.3, 0.4) is 0 Å². The van der Waals surface area contributed by atoms with Gasteiger partial charge in [-0.25, -0.2) is 4.39 Å². The molecule has 1 amide bonds. The summed E-state index contributed by atoms with van der Waals surface area (Å²) in [6.07, 6.45) is 2.07. The van der Waals surface area contributed by atoms with Crippen LogP contribution in [-0.4, -0.2) is 61.5 Å². The molecule has 0 bridgehead atoms. The summed E-state index contributed by atoms with van der Waals surface area (Å²) in [7, 11) is 0. The van der Waals surface area contributed by atoms with E-state index in [1.54, 1.807) is 12.1 Å². The Balaban J connectivity index is 1.26. The van der Waals surface area contributed by atoms with Crippen LogP contribution in [0.5, 0.6) is 0 Å². The van der Waals surface area contributed by atoms with Crippen LogP contribution < -0.4 is 4.90 Å². The molecular formula is C25H30FN3O. The lowest BCUT2D eigenvalue weighted by atomic mass is 9.88. The Bertz CT molecular complexity index is 877. The normalized spacial score (nSPS) is 25.0. The first-order valence-electron chi connectivity index (χ1n) is 11.2. The Hall–Kier alpha value is -2.40. The molecule has 2 heterocycles. The molecule has 2 aromatic carbocycles. The van der Waals surface area contributed by atoms with Crippen LogP contribution in [0, 0.1) is 17.7 Å². The molecule has 5 heteroatoms. The SMILES string of the molecule is O=C(C1CC1)N1C[C@@H](CN2CCN(c3ccccc3)CC2)[C@H](c2cccc(F)c2)C1. The van der Waals surface area contributed by atoms with Gasteiger partial charge in [0.2, 0.25) is 5.91 Å². The predicted molar refractivity (Wildman–Crippen MR) is 117 cm³/mol. The quantitative estimate of drug-likeness (QED) is 0.758. The molecule has 4 nitrogen and oxygen atoms in total. The van der Waals surface area contributed by atoms with Crippen molar-refractivity contribution in [3.63, 3.8) is 0 Å². The van der Waals surface area contributed by atoms with E-state index in [1.807, 2.05) is 6.07 Å². The van der Waals surface area contributed by atoms with Crippen LogP contribution in [-0.2, 0) is 4.79 Å². The van der Waals surface area contributed by atoms with Gasteiger partial charge in [0.05, 0.1) is 0 Å². The number of hydrogen-bond acceptors (Lipinski definition) is 3. The molecular weight excluding hydrogens is 377 g/mol. The molecule has 30 heavy (non-hydrogen) atoms. The zero-order valence-corrected chi connectivity index (χ0v) is 17.4. The second-order valence-electron chi connectivity index (χ2n) is 9.06. The van der Waals surface area contributed by atoms with E-state index in [2.05, 4.69) is 45.0 Å². The molecule has 2 saturated heterocycles. The lowest BCUT2D eigenvalue weighted by molar-refractivity contribution is -0.131. The summed E-state index contributed by atoms with van der Waals surface area (Å²) in [5.41, 5.74) is 2.32. The first-order chi connectivity index (χ1) is 14.7. The fraction of sp³-hybridized carbons (Fsp3) is 0.480. The van der Waals surface area contributed by atoms with Gasteiger partial charge < -0.3 is 9.80 Å². The van der Waals surface area contributed by atoms with Crippen LogP contribution in [0.25, 0.3) is 0 Å². The van der Waals surface area contributed by atoms with Gasteiger partial charge in [-0.2, -0.15) is 0 Å². The van der Waals surface area contributed by atoms with Crippen LogP contribution >= 0.6 is 0 Å². The third-order valence-electron chi connectivity index (χ3n) is 6.94. The average molecular weight is 408 g/mol. The monoisotopic (exact) mass is 407 g/mol. The molecule has 3 aliphatic rings. The summed E-state index contributed by atoms with van der Waals surface area (Å²) in [5.74, 6) is 0.946. The number of nitrogens with zero attached hydrogens (tertiary/aromatic N) is 3. The molecule has 1 saturated carbocycles. The summed E-state index contributed by atoms with van der Waals surface area (Å²) in [6.45, 7) is 6.59. The largest absolute Gasteiger partial charge is 0.369 e. The molecule has 0 spiro atoms. The number of benzene rings is 2. The zero-order valence-electron chi connectivity index (χ0n) is 17.4. The standard InChI is InChI=1S/C25H30FN3O/c26-22-6-4-5-20(15-22)24-18-29(25(30)19-9-10-19)17-21(24)16-27-11-13-28(14-12-27)23-7-2-1-3-8-23/h1-8,15,19,21,24H,9-14,16-18H2/t21-,24+/m1/s1. The highest BCUT2D eigenvalue weighted by Crippen LogP contribution is 2.38. The van der Waals surface area contributed by atoms with Gasteiger partial charge in [0.25, 0.3) is 0 Å². The lowest BCUT2D eigenvalue weighted by Gasteiger charge is -2.37. The van der Waals surface area contributed by atoms with Gasteiger partial charge >= 0.3 is 0 Å². The van der Waals surface area contributed by atoms with Crippen molar-refractivity contribution in [1.82, 2.24) is 9.80 Å². The van der Waals surface area contributed by atoms with Gasteiger partial charge in [-0.3, -0.25) is 9.69 Å². The molecule has 2 aromatic rings. The van der Waals surface area contributed by atoms with Gasteiger partial charge in [-0.05, 0) is 48.6 Å². The Morgan fingerprint density at radius 3 is 2.40 bits per heavy atom. The Labute approximate surface area is 178 Å². The second-order valence-corrected chi connectivity index (χ2v) is 9.06. The molecule has 0 radical (unpaired) electrons. The van der Waals surface area contributed by atoms with Crippen LogP contribution in [0.4, 0.5) is 10.1 Å². The highest BCUT2D eigenvalue weighted by Gasteiger charge is 2.41. The molecule has 1 aliphatic carbocycles. The highest BCUT2D eigenvalue weighted by molar-refractivity contribution is 5.81. The molecule has 0 N–H and O–H groups in total. The van der Waals surface area contributed by atoms with Crippen LogP contribution in [0.1, 0.15) is 24.3 Å². The number of anilines is 1. The number of likely N-dealkylation sites (tertiary alicyclic amines) is 1. The zero-order chi connectivity index (χ0) is 20.5. The van der Waals surface area contributed by atoms with Gasteiger partial charge in [0.1, 0.15) is 5.82 Å². The number of carbonyl (C=O) groups excluding carboxylic acids is 1. The number of hydrogen-bond donors (Lipinski definition) is 0. The van der Waals surface area contributed by atoms with Crippen molar-refractivity contribution in [3.05, 3.63) is 66.0 Å². The van der Waals surface area contributed by atoms with Gasteiger partial charge in [0, 0.05) is 63.3 Å². The van der Waals surface area contributed by atoms with E-state index in [0.29, 0.717) is 11.8 Å². The fourth-order valence-corrected chi connectivity index (χ4v) is 5.10. The maximum absolute atomic E-state index is 13.9. The molecule has 0 aromatic heterocycles. The molecule has 5 rings (SSSR count). The van der Waals surface area contributed by atoms with Crippen LogP contribution in [0.15, 0.2) is 54.6 Å². The minimum atomic E-state index is -0.185. The van der Waals surface area contributed by atoms with Gasteiger partial charge in [0.15, 0.2) is 0 Å². The van der Waals surface area contributed by atoms with E-state index < -0.39 is 0 Å². The highest BCUT2D eigenvalue weighted by atomic mass is 19.1. The van der Waals surface area contributed by atoms with Gasteiger partial charge in [-0.15, -0.1) is 0 Å². The smallest absolute Gasteiger partial charge is 0.225 e. The maximum Gasteiger partial charge on any atom is 0.225 e. The Kier molecular flexibility index (Phi) is 5.47. The van der Waals surface area contributed by atoms with Crippen molar-refractivity contribution in [2.24, 2.45) is 11.8 Å². The summed E-state index contributed by atoms with van der Waals surface area (Å²) in [5, 5.41) is 0. The van der Waals surface area contributed by atoms with Crippen molar-refractivity contribution < 1.29 is 9.18 Å². The summed E-state index contributed by atoms with van der Waals surface area (Å²) in [6, 6.07) is 17.6. The van der Waals surface area contributed by atoms with E-state index in [0.717, 1.165) is 64.2 Å². The van der Waals surface area contributed by atoms with Crippen molar-refractivity contribution >= 4 is 11.6 Å². The minimum absolute atomic E-state index is 0.185. The van der Waals surface area contributed by atoms with E-state index in [9.17, 15) is 9.18 Å². The average Bonchev–Trinajstić information content (AvgIpc) is 3.55. The number of rotatable bonds is 5. The van der Waals surface area contributed by atoms with E-state index in [1.165, 1.54) is 11.8 Å². The Morgan fingerprint density at radius 1 is 0.933 bits per heavy atom. The first kappa shape index (κ1) is 19.6. The predicted octanol–water partition coefficient (Wildman–Crippen LogP) is 3.60. The first-order valence-corrected chi connectivity index (χ1v) is 11.2. The minimum Gasteiger partial charge on any atom is -0.369 e. The van der Waals surface area contributed by atoms with Crippen molar-refractivity contribution in [2.45, 2.75) is 18.8 Å². The van der Waals surface area contributed by atoms with Crippen molar-refractivity contribution in [1.29, 1.82) is 0 Å². The fourth-order valence-electron chi connectivity index (χ4n) is 5.10. The number of amides is 1. The maximum atomic E-state index is 13.9. The Morgan fingerprint density at radius 2 is 1.70 bits per heavy atom. The van der Waals surface area contributed by atoms with Crippen molar-refractivity contribution in [3.8, 4) is 0 Å². The summed E-state index contributed by atoms with van der Waals surface area (Å²) in [4.78, 5) is 19.7. The molecule has 2 atom stereocenters. The molecule has 3 fully saturated rings. The molecule has 0 unspecified atom stereocenters. The summed E-state index contributed by atoms with van der Waals surface area (Å²) < 4.78 is 13.9.